The predicted octanol–water partition coefficient (Wildman–Crippen LogP) is 2.32. The molecule has 1 amide bonds. The van der Waals surface area contributed by atoms with Gasteiger partial charge in [0.05, 0.1) is 17.2 Å². The average Bonchev–Trinajstić information content (AvgIpc) is 2.28. The zero-order valence-corrected chi connectivity index (χ0v) is 12.7. The van der Waals surface area contributed by atoms with Gasteiger partial charge in [-0.15, -0.1) is 0 Å². The second-order valence-corrected chi connectivity index (χ2v) is 5.47. The van der Waals surface area contributed by atoms with Crippen LogP contribution in [0, 0.1) is 0 Å². The van der Waals surface area contributed by atoms with Crippen LogP contribution in [0.25, 0.3) is 0 Å². The van der Waals surface area contributed by atoms with Crippen molar-refractivity contribution in [2.45, 2.75) is 12.5 Å². The standard InChI is InChI=1S/C12H13BrClNO4/c1-12(6-19-2,11(17)18)15-10(16)8-4-3-7(13)5-9(8)14/h3-5H,6H2,1-2H3,(H,15,16)(H,17,18). The van der Waals surface area contributed by atoms with Crippen LogP contribution in [-0.2, 0) is 9.53 Å². The first kappa shape index (κ1) is 15.9. The normalized spacial score (nSPS) is 13.7. The Balaban J connectivity index is 2.97. The number of hydrogen-bond acceptors (Lipinski definition) is 3. The van der Waals surface area contributed by atoms with E-state index in [2.05, 4.69) is 21.2 Å². The van der Waals surface area contributed by atoms with Gasteiger partial charge in [0.25, 0.3) is 5.91 Å². The molecule has 1 aromatic carbocycles. The molecule has 104 valence electrons. The smallest absolute Gasteiger partial charge is 0.331 e. The molecule has 0 saturated carbocycles. The summed E-state index contributed by atoms with van der Waals surface area (Å²) in [6, 6.07) is 4.72. The highest BCUT2D eigenvalue weighted by atomic mass is 79.9. The summed E-state index contributed by atoms with van der Waals surface area (Å²) in [6.45, 7) is 1.21. The molecule has 1 unspecified atom stereocenters. The quantitative estimate of drug-likeness (QED) is 0.854. The Kier molecular flexibility index (Phi) is 5.34. The van der Waals surface area contributed by atoms with Gasteiger partial charge in [0.1, 0.15) is 0 Å². The lowest BCUT2D eigenvalue weighted by atomic mass is 10.0. The van der Waals surface area contributed by atoms with E-state index in [-0.39, 0.29) is 17.2 Å². The third kappa shape index (κ3) is 3.92. The molecule has 7 heteroatoms. The summed E-state index contributed by atoms with van der Waals surface area (Å²) in [5.41, 5.74) is -1.31. The summed E-state index contributed by atoms with van der Waals surface area (Å²) in [5, 5.41) is 11.8. The van der Waals surface area contributed by atoms with Crippen LogP contribution in [-0.4, -0.2) is 36.2 Å². The summed E-state index contributed by atoms with van der Waals surface area (Å²) in [6.07, 6.45) is 0. The number of aliphatic carboxylic acids is 1. The maximum atomic E-state index is 12.0. The van der Waals surface area contributed by atoms with E-state index in [4.69, 9.17) is 21.4 Å². The van der Waals surface area contributed by atoms with Crippen LogP contribution in [0.1, 0.15) is 17.3 Å². The Bertz CT molecular complexity index is 509. The van der Waals surface area contributed by atoms with Crippen molar-refractivity contribution in [1.82, 2.24) is 5.32 Å². The average molecular weight is 351 g/mol. The number of carbonyl (C=O) groups excluding carboxylic acids is 1. The van der Waals surface area contributed by atoms with Crippen molar-refractivity contribution in [3.05, 3.63) is 33.3 Å². The van der Waals surface area contributed by atoms with Gasteiger partial charge in [0, 0.05) is 11.6 Å². The molecule has 0 saturated heterocycles. The molecule has 0 aliphatic rings. The number of carbonyl (C=O) groups is 2. The maximum absolute atomic E-state index is 12.0. The molecule has 2 N–H and O–H groups in total. The van der Waals surface area contributed by atoms with Crippen LogP contribution < -0.4 is 5.32 Å². The summed E-state index contributed by atoms with van der Waals surface area (Å²) >= 11 is 9.16. The van der Waals surface area contributed by atoms with Crippen molar-refractivity contribution in [3.8, 4) is 0 Å². The predicted molar refractivity (Wildman–Crippen MR) is 74.5 cm³/mol. The van der Waals surface area contributed by atoms with Crippen molar-refractivity contribution in [2.75, 3.05) is 13.7 Å². The van der Waals surface area contributed by atoms with Gasteiger partial charge in [0.15, 0.2) is 5.54 Å². The Morgan fingerprint density at radius 1 is 1.53 bits per heavy atom. The van der Waals surface area contributed by atoms with Gasteiger partial charge in [0.2, 0.25) is 0 Å². The van der Waals surface area contributed by atoms with E-state index in [0.717, 1.165) is 4.47 Å². The minimum absolute atomic E-state index is 0.151. The Hall–Kier alpha value is -1.11. The lowest BCUT2D eigenvalue weighted by molar-refractivity contribution is -0.145. The maximum Gasteiger partial charge on any atom is 0.331 e. The molecule has 0 aromatic heterocycles. The van der Waals surface area contributed by atoms with Crippen molar-refractivity contribution in [1.29, 1.82) is 0 Å². The fourth-order valence-electron chi connectivity index (χ4n) is 1.43. The second kappa shape index (κ2) is 6.36. The number of benzene rings is 1. The fourth-order valence-corrected chi connectivity index (χ4v) is 2.19. The highest BCUT2D eigenvalue weighted by Gasteiger charge is 2.35. The van der Waals surface area contributed by atoms with Crippen LogP contribution in [0.3, 0.4) is 0 Å². The minimum Gasteiger partial charge on any atom is -0.479 e. The summed E-state index contributed by atoms with van der Waals surface area (Å²) < 4.78 is 5.55. The number of carboxylic acids is 1. The van der Waals surface area contributed by atoms with Gasteiger partial charge in [-0.25, -0.2) is 4.79 Å². The van der Waals surface area contributed by atoms with Gasteiger partial charge in [-0.2, -0.15) is 0 Å². The summed E-state index contributed by atoms with van der Waals surface area (Å²) in [5.74, 6) is -1.75. The third-order valence-corrected chi connectivity index (χ3v) is 3.28. The van der Waals surface area contributed by atoms with E-state index < -0.39 is 17.4 Å². The molecule has 0 heterocycles. The topological polar surface area (TPSA) is 75.6 Å². The first-order chi connectivity index (χ1) is 8.80. The number of hydrogen-bond donors (Lipinski definition) is 2. The van der Waals surface area contributed by atoms with Crippen LogP contribution in [0.5, 0.6) is 0 Å². The first-order valence-corrected chi connectivity index (χ1v) is 6.47. The highest BCUT2D eigenvalue weighted by molar-refractivity contribution is 9.10. The van der Waals surface area contributed by atoms with Gasteiger partial charge in [-0.1, -0.05) is 27.5 Å². The number of amides is 1. The minimum atomic E-state index is -1.51. The van der Waals surface area contributed by atoms with E-state index >= 15 is 0 Å². The Morgan fingerprint density at radius 3 is 2.63 bits per heavy atom. The number of ether oxygens (including phenoxy) is 1. The molecule has 1 rings (SSSR count). The Labute approximate surface area is 124 Å². The SMILES string of the molecule is COCC(C)(NC(=O)c1ccc(Br)cc1Cl)C(=O)O. The molecule has 5 nitrogen and oxygen atoms in total. The summed E-state index contributed by atoms with van der Waals surface area (Å²) in [7, 11) is 1.36. The third-order valence-electron chi connectivity index (χ3n) is 2.47. The van der Waals surface area contributed by atoms with E-state index in [1.807, 2.05) is 0 Å². The molecule has 0 fully saturated rings. The second-order valence-electron chi connectivity index (χ2n) is 4.15. The molecule has 1 atom stereocenters. The molecule has 0 aliphatic carbocycles. The monoisotopic (exact) mass is 349 g/mol. The number of halogens is 2. The van der Waals surface area contributed by atoms with Gasteiger partial charge >= 0.3 is 5.97 Å². The highest BCUT2D eigenvalue weighted by Crippen LogP contribution is 2.22. The first-order valence-electron chi connectivity index (χ1n) is 5.30. The van der Waals surface area contributed by atoms with E-state index in [9.17, 15) is 9.59 Å². The number of carboxylic acid groups (broad SMARTS) is 1. The molecule has 0 spiro atoms. The van der Waals surface area contributed by atoms with Crippen LogP contribution >= 0.6 is 27.5 Å². The van der Waals surface area contributed by atoms with E-state index in [1.165, 1.54) is 20.1 Å². The van der Waals surface area contributed by atoms with E-state index in [1.54, 1.807) is 12.1 Å². The molecule has 19 heavy (non-hydrogen) atoms. The number of methoxy groups -OCH3 is 1. The van der Waals surface area contributed by atoms with Gasteiger partial charge in [-0.3, -0.25) is 4.79 Å². The van der Waals surface area contributed by atoms with Gasteiger partial charge in [-0.05, 0) is 25.1 Å². The van der Waals surface area contributed by atoms with Gasteiger partial charge < -0.3 is 15.2 Å². The summed E-state index contributed by atoms with van der Waals surface area (Å²) in [4.78, 5) is 23.2. The fraction of sp³-hybridized carbons (Fsp3) is 0.333. The zero-order valence-electron chi connectivity index (χ0n) is 10.4. The van der Waals surface area contributed by atoms with Crippen molar-refractivity contribution < 1.29 is 19.4 Å². The largest absolute Gasteiger partial charge is 0.479 e. The lowest BCUT2D eigenvalue weighted by Crippen LogP contribution is -2.55. The van der Waals surface area contributed by atoms with E-state index in [0.29, 0.717) is 0 Å². The van der Waals surface area contributed by atoms with Crippen molar-refractivity contribution in [2.24, 2.45) is 0 Å². The number of nitrogens with one attached hydrogen (secondary N) is 1. The van der Waals surface area contributed by atoms with Crippen LogP contribution in [0.4, 0.5) is 0 Å². The molecule has 0 bridgehead atoms. The lowest BCUT2D eigenvalue weighted by Gasteiger charge is -2.25. The molecular weight excluding hydrogens is 337 g/mol. The van der Waals surface area contributed by atoms with Crippen LogP contribution in [0.2, 0.25) is 5.02 Å². The van der Waals surface area contributed by atoms with Crippen molar-refractivity contribution in [3.63, 3.8) is 0 Å². The van der Waals surface area contributed by atoms with Crippen molar-refractivity contribution >= 4 is 39.4 Å². The zero-order chi connectivity index (χ0) is 14.6. The molecule has 1 aromatic rings. The molecule has 0 radical (unpaired) electrons. The molecular formula is C12H13BrClNO4. The Morgan fingerprint density at radius 2 is 2.16 bits per heavy atom. The molecule has 0 aliphatic heterocycles. The van der Waals surface area contributed by atoms with Crippen LogP contribution in [0.15, 0.2) is 22.7 Å². The number of rotatable bonds is 5.